The predicted molar refractivity (Wildman–Crippen MR) is 81.1 cm³/mol. The van der Waals surface area contributed by atoms with Crippen LogP contribution < -0.4 is 0 Å². The number of nitrogens with zero attached hydrogens (tertiary/aromatic N) is 3. The van der Waals surface area contributed by atoms with Gasteiger partial charge in [0.05, 0.1) is 16.3 Å². The number of cyclic esters (lactones) is 1. The SMILES string of the molecule is CC[C@]1(C)Cc2ncn(-c3ccc(C#N)c(Cl)c3)c2C(=O)O1. The standard InChI is InChI=1S/C16H14ClN3O2/c1-3-16(2)7-13-14(15(21)22-16)20(9-19-13)11-5-4-10(8-18)12(17)6-11/h4-6,9H,3,7H2,1-2H3/t16-/m1/s1. The van der Waals surface area contributed by atoms with Crippen LogP contribution in [0.4, 0.5) is 0 Å². The topological polar surface area (TPSA) is 67.9 Å². The molecule has 2 aromatic rings. The molecule has 1 atom stereocenters. The smallest absolute Gasteiger partial charge is 0.357 e. The van der Waals surface area contributed by atoms with Gasteiger partial charge in [-0.2, -0.15) is 5.26 Å². The van der Waals surface area contributed by atoms with Crippen molar-refractivity contribution in [2.45, 2.75) is 32.3 Å². The maximum Gasteiger partial charge on any atom is 0.357 e. The predicted octanol–water partition coefficient (Wildman–Crippen LogP) is 3.28. The van der Waals surface area contributed by atoms with Crippen LogP contribution in [0.25, 0.3) is 5.69 Å². The van der Waals surface area contributed by atoms with E-state index in [2.05, 4.69) is 4.98 Å². The van der Waals surface area contributed by atoms with E-state index in [-0.39, 0.29) is 5.97 Å². The molecular formula is C16H14ClN3O2. The number of aromatic nitrogens is 2. The van der Waals surface area contributed by atoms with Gasteiger partial charge >= 0.3 is 5.97 Å². The molecule has 112 valence electrons. The number of benzene rings is 1. The van der Waals surface area contributed by atoms with Gasteiger partial charge in [-0.1, -0.05) is 18.5 Å². The number of rotatable bonds is 2. The van der Waals surface area contributed by atoms with Crippen LogP contribution in [0.5, 0.6) is 0 Å². The molecule has 5 nitrogen and oxygen atoms in total. The van der Waals surface area contributed by atoms with Crippen molar-refractivity contribution < 1.29 is 9.53 Å². The minimum atomic E-state index is -0.508. The molecular weight excluding hydrogens is 302 g/mol. The van der Waals surface area contributed by atoms with Crippen LogP contribution >= 0.6 is 11.6 Å². The quantitative estimate of drug-likeness (QED) is 0.798. The lowest BCUT2D eigenvalue weighted by molar-refractivity contribution is -0.0186. The molecule has 22 heavy (non-hydrogen) atoms. The van der Waals surface area contributed by atoms with E-state index in [4.69, 9.17) is 21.6 Å². The summed E-state index contributed by atoms with van der Waals surface area (Å²) in [7, 11) is 0. The molecule has 0 amide bonds. The highest BCUT2D eigenvalue weighted by Gasteiger charge is 2.38. The highest BCUT2D eigenvalue weighted by Crippen LogP contribution is 2.31. The number of imidazole rings is 1. The van der Waals surface area contributed by atoms with Gasteiger partial charge in [0.15, 0.2) is 5.69 Å². The first-order chi connectivity index (χ1) is 10.5. The molecule has 2 heterocycles. The van der Waals surface area contributed by atoms with Gasteiger partial charge in [0.1, 0.15) is 18.0 Å². The number of hydrogen-bond acceptors (Lipinski definition) is 4. The molecule has 1 aromatic carbocycles. The van der Waals surface area contributed by atoms with Gasteiger partial charge in [0.25, 0.3) is 0 Å². The zero-order valence-corrected chi connectivity index (χ0v) is 13.0. The zero-order chi connectivity index (χ0) is 15.9. The number of esters is 1. The summed E-state index contributed by atoms with van der Waals surface area (Å²) in [6.45, 7) is 3.89. The second-order valence-corrected chi connectivity index (χ2v) is 5.96. The van der Waals surface area contributed by atoms with E-state index in [9.17, 15) is 4.79 Å². The van der Waals surface area contributed by atoms with Gasteiger partial charge in [-0.15, -0.1) is 0 Å². The van der Waals surface area contributed by atoms with Gasteiger partial charge in [-0.05, 0) is 31.5 Å². The molecule has 0 unspecified atom stereocenters. The fourth-order valence-corrected chi connectivity index (χ4v) is 2.75. The molecule has 1 aromatic heterocycles. The third-order valence-corrected chi connectivity index (χ3v) is 4.33. The van der Waals surface area contributed by atoms with Crippen LogP contribution in [0.15, 0.2) is 24.5 Å². The van der Waals surface area contributed by atoms with E-state index in [1.807, 2.05) is 19.9 Å². The van der Waals surface area contributed by atoms with E-state index in [1.165, 1.54) is 0 Å². The Morgan fingerprint density at radius 1 is 1.55 bits per heavy atom. The van der Waals surface area contributed by atoms with Crippen LogP contribution in [0.1, 0.15) is 42.0 Å². The zero-order valence-electron chi connectivity index (χ0n) is 12.3. The number of fused-ring (bicyclic) bond motifs is 1. The maximum absolute atomic E-state index is 12.4. The second kappa shape index (κ2) is 5.15. The van der Waals surface area contributed by atoms with Gasteiger partial charge in [0, 0.05) is 12.1 Å². The Labute approximate surface area is 133 Å². The molecule has 0 saturated heterocycles. The minimum absolute atomic E-state index is 0.338. The Balaban J connectivity index is 2.08. The van der Waals surface area contributed by atoms with Crippen molar-refractivity contribution in [3.63, 3.8) is 0 Å². The van der Waals surface area contributed by atoms with Gasteiger partial charge < -0.3 is 4.74 Å². The third-order valence-electron chi connectivity index (χ3n) is 4.02. The van der Waals surface area contributed by atoms with Crippen LogP contribution in [0.2, 0.25) is 5.02 Å². The van der Waals surface area contributed by atoms with Gasteiger partial charge in [-0.3, -0.25) is 4.57 Å². The molecule has 0 fully saturated rings. The second-order valence-electron chi connectivity index (χ2n) is 5.56. The number of hydrogen-bond donors (Lipinski definition) is 0. The molecule has 1 aliphatic heterocycles. The van der Waals surface area contributed by atoms with Crippen molar-refractivity contribution in [2.75, 3.05) is 0 Å². The number of nitriles is 1. The molecule has 3 rings (SSSR count). The average Bonchev–Trinajstić information content (AvgIpc) is 2.91. The van der Waals surface area contributed by atoms with Crippen molar-refractivity contribution in [3.05, 3.63) is 46.5 Å². The normalized spacial score (nSPS) is 20.2. The average molecular weight is 316 g/mol. The molecule has 6 heteroatoms. The molecule has 0 spiro atoms. The summed E-state index contributed by atoms with van der Waals surface area (Å²) >= 11 is 6.06. The maximum atomic E-state index is 12.4. The lowest BCUT2D eigenvalue weighted by Crippen LogP contribution is -2.39. The minimum Gasteiger partial charge on any atom is -0.454 e. The fourth-order valence-electron chi connectivity index (χ4n) is 2.53. The van der Waals surface area contributed by atoms with Crippen molar-refractivity contribution in [3.8, 4) is 11.8 Å². The Bertz CT molecular complexity index is 806. The number of carbonyl (C=O) groups excluding carboxylic acids is 1. The molecule has 0 saturated carbocycles. The molecule has 0 bridgehead atoms. The lowest BCUT2D eigenvalue weighted by Gasteiger charge is -2.31. The highest BCUT2D eigenvalue weighted by molar-refractivity contribution is 6.31. The van der Waals surface area contributed by atoms with Crippen molar-refractivity contribution in [1.82, 2.24) is 9.55 Å². The van der Waals surface area contributed by atoms with Crippen LogP contribution in [0.3, 0.4) is 0 Å². The molecule has 1 aliphatic rings. The number of halogens is 1. The summed E-state index contributed by atoms with van der Waals surface area (Å²) in [4.78, 5) is 16.7. The summed E-state index contributed by atoms with van der Waals surface area (Å²) < 4.78 is 7.21. The fraction of sp³-hybridized carbons (Fsp3) is 0.312. The first kappa shape index (κ1) is 14.6. The Morgan fingerprint density at radius 3 is 2.95 bits per heavy atom. The Morgan fingerprint density at radius 2 is 2.32 bits per heavy atom. The summed E-state index contributed by atoms with van der Waals surface area (Å²) in [6, 6.07) is 7.00. The first-order valence-corrected chi connectivity index (χ1v) is 7.35. The van der Waals surface area contributed by atoms with Crippen molar-refractivity contribution >= 4 is 17.6 Å². The number of ether oxygens (including phenoxy) is 1. The molecule has 0 N–H and O–H groups in total. The van der Waals surface area contributed by atoms with Crippen LogP contribution in [-0.4, -0.2) is 21.1 Å². The van der Waals surface area contributed by atoms with E-state index in [0.717, 1.165) is 12.1 Å². The van der Waals surface area contributed by atoms with Crippen molar-refractivity contribution in [2.24, 2.45) is 0 Å². The Hall–Kier alpha value is -2.32. The van der Waals surface area contributed by atoms with E-state index in [1.54, 1.807) is 29.1 Å². The summed E-state index contributed by atoms with van der Waals surface area (Å²) in [5, 5.41) is 9.27. The molecule has 0 radical (unpaired) electrons. The summed E-state index contributed by atoms with van der Waals surface area (Å²) in [5.41, 5.74) is 1.70. The largest absolute Gasteiger partial charge is 0.454 e. The van der Waals surface area contributed by atoms with Crippen LogP contribution in [0, 0.1) is 11.3 Å². The summed E-state index contributed by atoms with van der Waals surface area (Å²) in [5.74, 6) is -0.386. The lowest BCUT2D eigenvalue weighted by atomic mass is 9.93. The summed E-state index contributed by atoms with van der Waals surface area (Å²) in [6.07, 6.45) is 2.90. The van der Waals surface area contributed by atoms with E-state index in [0.29, 0.717) is 28.4 Å². The monoisotopic (exact) mass is 315 g/mol. The molecule has 0 aliphatic carbocycles. The van der Waals surface area contributed by atoms with Gasteiger partial charge in [-0.25, -0.2) is 9.78 Å². The Kier molecular flexibility index (Phi) is 3.42. The third kappa shape index (κ3) is 2.26. The highest BCUT2D eigenvalue weighted by atomic mass is 35.5. The number of carbonyl (C=O) groups is 1. The van der Waals surface area contributed by atoms with Crippen molar-refractivity contribution in [1.29, 1.82) is 5.26 Å². The first-order valence-electron chi connectivity index (χ1n) is 6.97. The van der Waals surface area contributed by atoms with Gasteiger partial charge in [0.2, 0.25) is 0 Å². The van der Waals surface area contributed by atoms with Crippen LogP contribution in [-0.2, 0) is 11.2 Å². The van der Waals surface area contributed by atoms with E-state index >= 15 is 0 Å². The van der Waals surface area contributed by atoms with E-state index < -0.39 is 5.60 Å².